The maximum Gasteiger partial charge on any atom is 0.185 e. The van der Waals surface area contributed by atoms with Gasteiger partial charge in [0.15, 0.2) is 12.1 Å². The summed E-state index contributed by atoms with van der Waals surface area (Å²) in [6.45, 7) is 0.550. The Hall–Kier alpha value is -1.61. The van der Waals surface area contributed by atoms with Crippen molar-refractivity contribution in [2.24, 2.45) is 0 Å². The molecule has 1 aromatic carbocycles. The van der Waals surface area contributed by atoms with Crippen molar-refractivity contribution in [3.05, 3.63) is 53.1 Å². The number of aromatic nitrogens is 2. The highest BCUT2D eigenvalue weighted by Crippen LogP contribution is 2.12. The first kappa shape index (κ1) is 9.93. The molecule has 2 aromatic rings. The quantitative estimate of drug-likeness (QED) is 0.742. The minimum atomic E-state index is 0.370. The molecule has 2 rings (SSSR count). The topological polar surface area (TPSA) is 34.9 Å². The van der Waals surface area contributed by atoms with E-state index >= 15 is 0 Å². The van der Waals surface area contributed by atoms with Crippen LogP contribution < -0.4 is 0 Å². The van der Waals surface area contributed by atoms with E-state index in [4.69, 9.17) is 11.6 Å². The molecule has 0 aliphatic rings. The molecular weight excluding hydrogens is 212 g/mol. The van der Waals surface area contributed by atoms with Crippen molar-refractivity contribution in [2.75, 3.05) is 0 Å². The lowest BCUT2D eigenvalue weighted by molar-refractivity contribution is 0.111. The molecule has 0 spiro atoms. The molecule has 3 nitrogen and oxygen atoms in total. The van der Waals surface area contributed by atoms with E-state index < -0.39 is 0 Å². The second-order valence-corrected chi connectivity index (χ2v) is 3.52. The molecule has 0 aliphatic carbocycles. The van der Waals surface area contributed by atoms with Crippen LogP contribution in [0, 0.1) is 6.20 Å². The number of rotatable bonds is 3. The number of carbonyl (C=O) groups excluding carboxylic acids is 1. The molecule has 0 atom stereocenters. The molecule has 4 heteroatoms. The van der Waals surface area contributed by atoms with E-state index in [9.17, 15) is 4.79 Å². The van der Waals surface area contributed by atoms with Crippen LogP contribution in [0.1, 0.15) is 16.2 Å². The minimum absolute atomic E-state index is 0.370. The molecular formula is C11H8ClN2O. The van der Waals surface area contributed by atoms with Crippen molar-refractivity contribution in [3.63, 3.8) is 0 Å². The van der Waals surface area contributed by atoms with E-state index in [0.717, 1.165) is 5.56 Å². The van der Waals surface area contributed by atoms with Crippen molar-refractivity contribution in [1.82, 2.24) is 9.55 Å². The molecule has 15 heavy (non-hydrogen) atoms. The molecule has 0 aliphatic heterocycles. The Morgan fingerprint density at radius 1 is 1.53 bits per heavy atom. The molecule has 0 saturated carbocycles. The fourth-order valence-electron chi connectivity index (χ4n) is 1.34. The zero-order valence-corrected chi connectivity index (χ0v) is 8.61. The Morgan fingerprint density at radius 2 is 2.40 bits per heavy atom. The summed E-state index contributed by atoms with van der Waals surface area (Å²) >= 11 is 5.85. The average Bonchev–Trinajstić information content (AvgIpc) is 2.65. The van der Waals surface area contributed by atoms with Gasteiger partial charge in [-0.3, -0.25) is 4.79 Å². The number of halogens is 1. The number of hydrogen-bond donors (Lipinski definition) is 0. The molecule has 0 unspecified atom stereocenters. The van der Waals surface area contributed by atoms with Gasteiger partial charge in [-0.25, -0.2) is 4.98 Å². The summed E-state index contributed by atoms with van der Waals surface area (Å²) in [5.41, 5.74) is 1.01. The van der Waals surface area contributed by atoms with Crippen LogP contribution in [-0.4, -0.2) is 15.8 Å². The summed E-state index contributed by atoms with van der Waals surface area (Å²) in [6.07, 6.45) is 5.05. The highest BCUT2D eigenvalue weighted by molar-refractivity contribution is 6.30. The average molecular weight is 220 g/mol. The van der Waals surface area contributed by atoms with Gasteiger partial charge in [-0.2, -0.15) is 0 Å². The Bertz CT molecular complexity index is 479. The maximum absolute atomic E-state index is 10.6. The largest absolute Gasteiger partial charge is 0.316 e. The van der Waals surface area contributed by atoms with Gasteiger partial charge >= 0.3 is 0 Å². The van der Waals surface area contributed by atoms with Gasteiger partial charge in [-0.1, -0.05) is 23.7 Å². The third-order valence-corrected chi connectivity index (χ3v) is 2.26. The summed E-state index contributed by atoms with van der Waals surface area (Å²) in [5, 5.41) is 0.681. The molecule has 0 fully saturated rings. The van der Waals surface area contributed by atoms with Gasteiger partial charge in [0.25, 0.3) is 0 Å². The van der Waals surface area contributed by atoms with Crippen molar-refractivity contribution in [3.8, 4) is 0 Å². The van der Waals surface area contributed by atoms with E-state index in [1.54, 1.807) is 4.57 Å². The Morgan fingerprint density at radius 3 is 3.13 bits per heavy atom. The second kappa shape index (κ2) is 4.28. The Balaban J connectivity index is 2.25. The van der Waals surface area contributed by atoms with Crippen molar-refractivity contribution in [1.29, 1.82) is 0 Å². The van der Waals surface area contributed by atoms with Gasteiger partial charge in [0, 0.05) is 11.6 Å². The SMILES string of the molecule is O=Cc1nc[c]n1Cc1cccc(Cl)c1. The Kier molecular flexibility index (Phi) is 2.83. The van der Waals surface area contributed by atoms with Crippen LogP contribution >= 0.6 is 11.6 Å². The first-order valence-electron chi connectivity index (χ1n) is 4.42. The number of nitrogens with zero attached hydrogens (tertiary/aromatic N) is 2. The molecule has 75 valence electrons. The lowest BCUT2D eigenvalue weighted by atomic mass is 10.2. The van der Waals surface area contributed by atoms with E-state index in [1.807, 2.05) is 24.3 Å². The van der Waals surface area contributed by atoms with Gasteiger partial charge in [0.05, 0.1) is 12.4 Å². The van der Waals surface area contributed by atoms with Gasteiger partial charge < -0.3 is 4.57 Å². The fraction of sp³-hybridized carbons (Fsp3) is 0.0909. The maximum atomic E-state index is 10.6. The van der Waals surface area contributed by atoms with Gasteiger partial charge in [-0.15, -0.1) is 0 Å². The lowest BCUT2D eigenvalue weighted by Crippen LogP contribution is -2.03. The summed E-state index contributed by atoms with van der Waals surface area (Å²) < 4.78 is 1.65. The van der Waals surface area contributed by atoms with E-state index in [2.05, 4.69) is 11.2 Å². The molecule has 1 aromatic heterocycles. The summed E-state index contributed by atoms with van der Waals surface area (Å²) in [4.78, 5) is 14.5. The molecule has 0 bridgehead atoms. The van der Waals surface area contributed by atoms with Crippen molar-refractivity contribution in [2.45, 2.75) is 6.54 Å². The zero-order chi connectivity index (χ0) is 10.7. The summed E-state index contributed by atoms with van der Waals surface area (Å²) in [5.74, 6) is 0.370. The molecule has 0 amide bonds. The van der Waals surface area contributed by atoms with Gasteiger partial charge in [0.1, 0.15) is 0 Å². The van der Waals surface area contributed by atoms with Crippen LogP contribution in [0.15, 0.2) is 30.5 Å². The number of hydrogen-bond acceptors (Lipinski definition) is 2. The zero-order valence-electron chi connectivity index (χ0n) is 7.85. The lowest BCUT2D eigenvalue weighted by Gasteiger charge is -2.03. The predicted octanol–water partition coefficient (Wildman–Crippen LogP) is 2.20. The van der Waals surface area contributed by atoms with Crippen molar-refractivity contribution < 1.29 is 4.79 Å². The first-order valence-corrected chi connectivity index (χ1v) is 4.80. The predicted molar refractivity (Wildman–Crippen MR) is 57.0 cm³/mol. The fourth-order valence-corrected chi connectivity index (χ4v) is 1.55. The minimum Gasteiger partial charge on any atom is -0.316 e. The van der Waals surface area contributed by atoms with Crippen LogP contribution in [0.25, 0.3) is 0 Å². The smallest absolute Gasteiger partial charge is 0.185 e. The number of benzene rings is 1. The summed E-state index contributed by atoms with van der Waals surface area (Å²) in [6, 6.07) is 7.47. The van der Waals surface area contributed by atoms with Crippen LogP contribution in [0.2, 0.25) is 5.02 Å². The molecule has 1 radical (unpaired) electrons. The summed E-state index contributed by atoms with van der Waals surface area (Å²) in [7, 11) is 0. The first-order chi connectivity index (χ1) is 7.29. The van der Waals surface area contributed by atoms with E-state index in [0.29, 0.717) is 23.7 Å². The van der Waals surface area contributed by atoms with Gasteiger partial charge in [0.2, 0.25) is 0 Å². The van der Waals surface area contributed by atoms with Crippen molar-refractivity contribution >= 4 is 17.9 Å². The van der Waals surface area contributed by atoms with Crippen LogP contribution in [0.4, 0.5) is 0 Å². The third-order valence-electron chi connectivity index (χ3n) is 2.02. The monoisotopic (exact) mass is 219 g/mol. The second-order valence-electron chi connectivity index (χ2n) is 3.08. The Labute approximate surface area is 92.3 Å². The van der Waals surface area contributed by atoms with Crippen LogP contribution in [-0.2, 0) is 6.54 Å². The number of aldehydes is 1. The van der Waals surface area contributed by atoms with Gasteiger partial charge in [-0.05, 0) is 17.7 Å². The van der Waals surface area contributed by atoms with Crippen LogP contribution in [0.5, 0.6) is 0 Å². The normalized spacial score (nSPS) is 10.2. The number of carbonyl (C=O) groups is 1. The standard InChI is InChI=1S/C11H8ClN2O/c12-10-3-1-2-9(6-10)7-14-5-4-13-11(14)8-15/h1-4,6,8H,7H2. The molecule has 1 heterocycles. The highest BCUT2D eigenvalue weighted by Gasteiger charge is 2.02. The van der Waals surface area contributed by atoms with Crippen LogP contribution in [0.3, 0.4) is 0 Å². The van der Waals surface area contributed by atoms with E-state index in [1.165, 1.54) is 6.20 Å². The third kappa shape index (κ3) is 2.25. The highest BCUT2D eigenvalue weighted by atomic mass is 35.5. The van der Waals surface area contributed by atoms with E-state index in [-0.39, 0.29) is 0 Å². The number of imidazole rings is 1. The molecule has 0 N–H and O–H groups in total. The molecule has 0 saturated heterocycles.